The first kappa shape index (κ1) is 17.6. The fourth-order valence-electron chi connectivity index (χ4n) is 1.59. The Balaban J connectivity index is 1.81. The molecule has 2 aromatic rings. The summed E-state index contributed by atoms with van der Waals surface area (Å²) >= 11 is 6.71. The Morgan fingerprint density at radius 2 is 2.13 bits per heavy atom. The van der Waals surface area contributed by atoms with Crippen LogP contribution in [0.1, 0.15) is 5.76 Å². The van der Waals surface area contributed by atoms with Crippen LogP contribution in [0.5, 0.6) is 5.75 Å². The van der Waals surface area contributed by atoms with E-state index in [9.17, 15) is 4.79 Å². The molecule has 1 amide bonds. The highest BCUT2D eigenvalue weighted by Gasteiger charge is 2.06. The number of anilines is 1. The predicted molar refractivity (Wildman–Crippen MR) is 96.1 cm³/mol. The van der Waals surface area contributed by atoms with Crippen molar-refractivity contribution < 1.29 is 13.9 Å². The van der Waals surface area contributed by atoms with Crippen LogP contribution < -0.4 is 15.1 Å². The first-order valence-corrected chi connectivity index (χ1v) is 8.21. The van der Waals surface area contributed by atoms with Crippen LogP contribution in [0.2, 0.25) is 0 Å². The lowest BCUT2D eigenvalue weighted by Gasteiger charge is -2.07. The van der Waals surface area contributed by atoms with E-state index in [0.29, 0.717) is 17.4 Å². The maximum atomic E-state index is 11.7. The van der Waals surface area contributed by atoms with Crippen LogP contribution >= 0.6 is 31.9 Å². The summed E-state index contributed by atoms with van der Waals surface area (Å²) in [7, 11) is 3.75. The predicted octanol–water partition coefficient (Wildman–Crippen LogP) is 3.40. The Labute approximate surface area is 150 Å². The van der Waals surface area contributed by atoms with E-state index in [0.717, 1.165) is 8.95 Å². The van der Waals surface area contributed by atoms with Gasteiger partial charge in [0.2, 0.25) is 0 Å². The molecule has 1 N–H and O–H groups in total. The fraction of sp³-hybridized carbons (Fsp3) is 0.200. The van der Waals surface area contributed by atoms with E-state index in [1.54, 1.807) is 12.1 Å². The van der Waals surface area contributed by atoms with E-state index in [2.05, 4.69) is 42.4 Å². The Morgan fingerprint density at radius 3 is 2.78 bits per heavy atom. The Hall–Kier alpha value is -1.80. The highest BCUT2D eigenvalue weighted by atomic mass is 79.9. The summed E-state index contributed by atoms with van der Waals surface area (Å²) < 4.78 is 12.6. The van der Waals surface area contributed by atoms with Crippen molar-refractivity contribution in [3.05, 3.63) is 45.0 Å². The second-order valence-corrected chi connectivity index (χ2v) is 6.50. The van der Waals surface area contributed by atoms with Crippen LogP contribution in [0.15, 0.2) is 48.8 Å². The number of hydrogen-bond donors (Lipinski definition) is 1. The fourth-order valence-corrected chi connectivity index (χ4v) is 2.75. The molecule has 0 unspecified atom stereocenters. The van der Waals surface area contributed by atoms with Gasteiger partial charge in [0, 0.05) is 24.6 Å². The highest BCUT2D eigenvalue weighted by Crippen LogP contribution is 2.28. The lowest BCUT2D eigenvalue weighted by atomic mass is 10.3. The number of nitrogens with zero attached hydrogens (tertiary/aromatic N) is 2. The molecular formula is C15H15Br2N3O3. The van der Waals surface area contributed by atoms with Gasteiger partial charge in [-0.2, -0.15) is 5.10 Å². The van der Waals surface area contributed by atoms with E-state index in [4.69, 9.17) is 9.15 Å². The molecule has 0 aliphatic rings. The van der Waals surface area contributed by atoms with E-state index in [-0.39, 0.29) is 12.5 Å². The van der Waals surface area contributed by atoms with E-state index in [1.165, 1.54) is 6.21 Å². The van der Waals surface area contributed by atoms with Gasteiger partial charge in [-0.3, -0.25) is 4.79 Å². The van der Waals surface area contributed by atoms with Crippen molar-refractivity contribution in [1.29, 1.82) is 0 Å². The molecule has 0 spiro atoms. The summed E-state index contributed by atoms with van der Waals surface area (Å²) in [4.78, 5) is 13.5. The molecule has 1 aromatic heterocycles. The zero-order valence-electron chi connectivity index (χ0n) is 12.5. The third-order valence-corrected chi connectivity index (χ3v) is 3.80. The summed E-state index contributed by atoms with van der Waals surface area (Å²) in [6, 6.07) is 9.01. The molecule has 0 radical (unpaired) electrons. The van der Waals surface area contributed by atoms with Crippen LogP contribution in [0.3, 0.4) is 0 Å². The third kappa shape index (κ3) is 5.40. The maximum absolute atomic E-state index is 11.7. The molecule has 8 heteroatoms. The smallest absolute Gasteiger partial charge is 0.277 e. The standard InChI is InChI=1S/C15H15Br2N3O3/c1-20(2)15-6-4-11(23-15)8-18-19-14(21)9-22-13-5-3-10(16)7-12(13)17/h3-8H,9H2,1-2H3,(H,19,21)/b18-8+. The zero-order valence-corrected chi connectivity index (χ0v) is 15.7. The number of ether oxygens (including phenoxy) is 1. The van der Waals surface area contributed by atoms with Gasteiger partial charge >= 0.3 is 0 Å². The lowest BCUT2D eigenvalue weighted by molar-refractivity contribution is -0.123. The summed E-state index contributed by atoms with van der Waals surface area (Å²) in [5.74, 6) is 1.47. The number of carbonyl (C=O) groups is 1. The summed E-state index contributed by atoms with van der Waals surface area (Å²) in [6.45, 7) is -0.140. The molecule has 0 fully saturated rings. The van der Waals surface area contributed by atoms with Gasteiger partial charge in [0.25, 0.3) is 5.91 Å². The molecule has 1 aromatic carbocycles. The first-order chi connectivity index (χ1) is 11.0. The molecule has 1 heterocycles. The molecule has 23 heavy (non-hydrogen) atoms. The summed E-state index contributed by atoms with van der Waals surface area (Å²) in [5, 5.41) is 3.83. The van der Waals surface area contributed by atoms with Crippen molar-refractivity contribution in [2.75, 3.05) is 25.6 Å². The van der Waals surface area contributed by atoms with E-state index in [1.807, 2.05) is 37.2 Å². The first-order valence-electron chi connectivity index (χ1n) is 6.62. The van der Waals surface area contributed by atoms with Crippen LogP contribution in [-0.2, 0) is 4.79 Å². The SMILES string of the molecule is CN(C)c1ccc(/C=N/NC(=O)COc2ccc(Br)cc2Br)o1. The molecule has 0 saturated carbocycles. The van der Waals surface area contributed by atoms with Gasteiger partial charge in [-0.25, -0.2) is 5.43 Å². The summed E-state index contributed by atoms with van der Waals surface area (Å²) in [6.07, 6.45) is 1.43. The molecule has 2 rings (SSSR count). The van der Waals surface area contributed by atoms with Crippen molar-refractivity contribution in [3.63, 3.8) is 0 Å². The number of nitrogens with one attached hydrogen (secondary N) is 1. The number of amides is 1. The summed E-state index contributed by atoms with van der Waals surface area (Å²) in [5.41, 5.74) is 2.38. The normalized spacial score (nSPS) is 10.8. The largest absolute Gasteiger partial charge is 0.483 e. The highest BCUT2D eigenvalue weighted by molar-refractivity contribution is 9.11. The Bertz CT molecular complexity index is 714. The van der Waals surface area contributed by atoms with Gasteiger partial charge < -0.3 is 14.1 Å². The number of hydrogen-bond acceptors (Lipinski definition) is 5. The Morgan fingerprint density at radius 1 is 1.35 bits per heavy atom. The number of hydrazone groups is 1. The molecule has 0 aliphatic heterocycles. The van der Waals surface area contributed by atoms with Crippen molar-refractivity contribution >= 4 is 49.9 Å². The van der Waals surface area contributed by atoms with Crippen LogP contribution in [-0.4, -0.2) is 32.8 Å². The van der Waals surface area contributed by atoms with Gasteiger partial charge in [0.1, 0.15) is 11.5 Å². The third-order valence-electron chi connectivity index (χ3n) is 2.69. The second kappa shape index (κ2) is 8.16. The topological polar surface area (TPSA) is 67.1 Å². The van der Waals surface area contributed by atoms with Crippen molar-refractivity contribution in [2.45, 2.75) is 0 Å². The maximum Gasteiger partial charge on any atom is 0.277 e. The van der Waals surface area contributed by atoms with Crippen LogP contribution in [0, 0.1) is 0 Å². The van der Waals surface area contributed by atoms with Crippen molar-refractivity contribution in [1.82, 2.24) is 5.43 Å². The molecule has 0 atom stereocenters. The quantitative estimate of drug-likeness (QED) is 0.547. The molecule has 0 bridgehead atoms. The number of halogens is 2. The lowest BCUT2D eigenvalue weighted by Crippen LogP contribution is -2.24. The monoisotopic (exact) mass is 443 g/mol. The number of carbonyl (C=O) groups excluding carboxylic acids is 1. The minimum absolute atomic E-state index is 0.140. The van der Waals surface area contributed by atoms with Gasteiger partial charge in [-0.05, 0) is 40.2 Å². The van der Waals surface area contributed by atoms with E-state index >= 15 is 0 Å². The zero-order chi connectivity index (χ0) is 16.8. The molecule has 0 saturated heterocycles. The molecule has 122 valence electrons. The molecule has 0 aliphatic carbocycles. The van der Waals surface area contributed by atoms with Crippen molar-refractivity contribution in [2.24, 2.45) is 5.10 Å². The molecular weight excluding hydrogens is 430 g/mol. The second-order valence-electron chi connectivity index (χ2n) is 4.73. The minimum atomic E-state index is -0.365. The van der Waals surface area contributed by atoms with Gasteiger partial charge in [-0.15, -0.1) is 0 Å². The molecule has 6 nitrogen and oxygen atoms in total. The number of furan rings is 1. The Kier molecular flexibility index (Phi) is 6.23. The average molecular weight is 445 g/mol. The van der Waals surface area contributed by atoms with Crippen LogP contribution in [0.4, 0.5) is 5.88 Å². The average Bonchev–Trinajstić information content (AvgIpc) is 2.95. The van der Waals surface area contributed by atoms with Crippen molar-refractivity contribution in [3.8, 4) is 5.75 Å². The van der Waals surface area contributed by atoms with E-state index < -0.39 is 0 Å². The van der Waals surface area contributed by atoms with Gasteiger partial charge in [0.05, 0.1) is 10.7 Å². The minimum Gasteiger partial charge on any atom is -0.483 e. The van der Waals surface area contributed by atoms with Gasteiger partial charge in [0.15, 0.2) is 12.5 Å². The number of benzene rings is 1. The van der Waals surface area contributed by atoms with Crippen LogP contribution in [0.25, 0.3) is 0 Å². The number of rotatable bonds is 6. The van der Waals surface area contributed by atoms with Gasteiger partial charge in [-0.1, -0.05) is 15.9 Å².